The van der Waals surface area contributed by atoms with Gasteiger partial charge in [-0.1, -0.05) is 103 Å². The Balaban J connectivity index is 1.12. The zero-order chi connectivity index (χ0) is 33.9. The predicted octanol–water partition coefficient (Wildman–Crippen LogP) is 12.9. The standard InChI is InChI=1S/C49H29N3/c1-2-12-34(13-3-1)51-44-17-9-8-16-37(44)39-25-32(18-21-45(39)51)33-19-22-46-40(26-33)41-24-30-10-4-5-11-31(30)27-48(41)52(46)47-23-20-38-35-14-6-7-15-36(35)42-28-50-29-43(47)49(38)42/h1-29H. The van der Waals surface area contributed by atoms with Crippen molar-refractivity contribution in [2.24, 2.45) is 0 Å². The van der Waals surface area contributed by atoms with Crippen LogP contribution in [0.1, 0.15) is 0 Å². The van der Waals surface area contributed by atoms with E-state index in [-0.39, 0.29) is 0 Å². The molecule has 0 amide bonds. The molecule has 52 heavy (non-hydrogen) atoms. The van der Waals surface area contributed by atoms with Crippen molar-refractivity contribution >= 4 is 65.2 Å². The van der Waals surface area contributed by atoms with Crippen molar-refractivity contribution in [3.05, 3.63) is 176 Å². The second kappa shape index (κ2) is 10.3. The maximum atomic E-state index is 4.80. The van der Waals surface area contributed by atoms with E-state index in [0.29, 0.717) is 0 Å². The fourth-order valence-corrected chi connectivity index (χ4v) is 9.01. The average Bonchev–Trinajstić information content (AvgIpc) is 3.83. The molecule has 1 aliphatic carbocycles. The van der Waals surface area contributed by atoms with Crippen molar-refractivity contribution < 1.29 is 0 Å². The van der Waals surface area contributed by atoms with Gasteiger partial charge in [0.15, 0.2) is 0 Å². The first kappa shape index (κ1) is 27.8. The highest BCUT2D eigenvalue weighted by Crippen LogP contribution is 2.49. The molecule has 12 rings (SSSR count). The lowest BCUT2D eigenvalue weighted by atomic mass is 10.00. The van der Waals surface area contributed by atoms with Crippen LogP contribution in [0.25, 0.3) is 110 Å². The van der Waals surface area contributed by atoms with Crippen molar-refractivity contribution in [3.8, 4) is 44.8 Å². The molecule has 3 heteroatoms. The first-order valence-corrected chi connectivity index (χ1v) is 17.9. The van der Waals surface area contributed by atoms with Gasteiger partial charge in [-0.05, 0) is 99.3 Å². The van der Waals surface area contributed by atoms with E-state index in [1.165, 1.54) is 104 Å². The molecule has 0 atom stereocenters. The Hall–Kier alpha value is -6.97. The van der Waals surface area contributed by atoms with Crippen LogP contribution < -0.4 is 0 Å². The molecule has 11 aromatic rings. The molecule has 0 N–H and O–H groups in total. The van der Waals surface area contributed by atoms with Crippen LogP contribution in [0.15, 0.2) is 176 Å². The molecule has 0 spiro atoms. The van der Waals surface area contributed by atoms with Crippen LogP contribution in [-0.2, 0) is 0 Å². The van der Waals surface area contributed by atoms with E-state index in [2.05, 4.69) is 179 Å². The Morgan fingerprint density at radius 1 is 0.346 bits per heavy atom. The fourth-order valence-electron chi connectivity index (χ4n) is 9.01. The van der Waals surface area contributed by atoms with E-state index < -0.39 is 0 Å². The number of fused-ring (bicyclic) bond motifs is 10. The summed E-state index contributed by atoms with van der Waals surface area (Å²) in [6.07, 6.45) is 4.08. The van der Waals surface area contributed by atoms with Gasteiger partial charge in [-0.15, -0.1) is 0 Å². The van der Waals surface area contributed by atoms with Gasteiger partial charge >= 0.3 is 0 Å². The molecule has 0 saturated heterocycles. The van der Waals surface area contributed by atoms with E-state index in [9.17, 15) is 0 Å². The minimum absolute atomic E-state index is 1.15. The van der Waals surface area contributed by atoms with Crippen LogP contribution in [0.4, 0.5) is 0 Å². The Labute approximate surface area is 299 Å². The zero-order valence-corrected chi connectivity index (χ0v) is 28.1. The summed E-state index contributed by atoms with van der Waals surface area (Å²) in [5, 5.41) is 9.93. The van der Waals surface area contributed by atoms with Gasteiger partial charge in [0.2, 0.25) is 0 Å². The molecular formula is C49H29N3. The van der Waals surface area contributed by atoms with E-state index >= 15 is 0 Å². The summed E-state index contributed by atoms with van der Waals surface area (Å²) >= 11 is 0. The van der Waals surface area contributed by atoms with E-state index in [1.807, 2.05) is 6.20 Å². The number of hydrogen-bond acceptors (Lipinski definition) is 1. The molecule has 0 unspecified atom stereocenters. The smallest absolute Gasteiger partial charge is 0.0556 e. The van der Waals surface area contributed by atoms with Gasteiger partial charge in [-0.25, -0.2) is 0 Å². The molecule has 8 aromatic carbocycles. The van der Waals surface area contributed by atoms with E-state index in [4.69, 9.17) is 4.98 Å². The average molecular weight is 660 g/mol. The maximum absolute atomic E-state index is 4.80. The molecule has 3 heterocycles. The van der Waals surface area contributed by atoms with Crippen LogP contribution in [-0.4, -0.2) is 14.1 Å². The number of pyridine rings is 1. The molecule has 1 aliphatic rings. The second-order valence-electron chi connectivity index (χ2n) is 14.0. The number of rotatable bonds is 3. The quantitative estimate of drug-likeness (QED) is 0.185. The van der Waals surface area contributed by atoms with Crippen LogP contribution in [0.2, 0.25) is 0 Å². The molecule has 0 fully saturated rings. The van der Waals surface area contributed by atoms with Gasteiger partial charge in [0.05, 0.1) is 27.8 Å². The van der Waals surface area contributed by atoms with Gasteiger partial charge in [0.1, 0.15) is 0 Å². The first-order chi connectivity index (χ1) is 25.8. The summed E-state index contributed by atoms with van der Waals surface area (Å²) in [5.74, 6) is 0. The third kappa shape index (κ3) is 3.72. The van der Waals surface area contributed by atoms with Crippen molar-refractivity contribution in [2.45, 2.75) is 0 Å². The van der Waals surface area contributed by atoms with Gasteiger partial charge in [-0.3, -0.25) is 4.98 Å². The number of benzene rings is 8. The molecule has 0 bridgehead atoms. The minimum Gasteiger partial charge on any atom is -0.309 e. The lowest BCUT2D eigenvalue weighted by Crippen LogP contribution is -1.96. The summed E-state index contributed by atoms with van der Waals surface area (Å²) in [5.41, 5.74) is 14.6. The van der Waals surface area contributed by atoms with Crippen LogP contribution in [0.5, 0.6) is 0 Å². The minimum atomic E-state index is 1.15. The Bertz CT molecular complexity index is 3260. The monoisotopic (exact) mass is 659 g/mol. The summed E-state index contributed by atoms with van der Waals surface area (Å²) in [7, 11) is 0. The van der Waals surface area contributed by atoms with Crippen molar-refractivity contribution in [1.29, 1.82) is 0 Å². The third-order valence-corrected chi connectivity index (χ3v) is 11.3. The van der Waals surface area contributed by atoms with Crippen molar-refractivity contribution in [2.75, 3.05) is 0 Å². The zero-order valence-electron chi connectivity index (χ0n) is 28.1. The number of aromatic nitrogens is 3. The Kier molecular flexibility index (Phi) is 5.50. The van der Waals surface area contributed by atoms with Gasteiger partial charge in [-0.2, -0.15) is 0 Å². The van der Waals surface area contributed by atoms with Gasteiger partial charge in [0.25, 0.3) is 0 Å². The molecule has 3 nitrogen and oxygen atoms in total. The SMILES string of the molecule is c1ccc(-n2c3ccccc3c3cc(-c4ccc5c(c4)c4cc6ccccc6cc4n5-c4ccc5c6c(cncc46)-c4ccccc4-5)ccc32)cc1. The highest BCUT2D eigenvalue weighted by molar-refractivity contribution is 6.20. The number of hydrogen-bond donors (Lipinski definition) is 0. The Morgan fingerprint density at radius 3 is 1.77 bits per heavy atom. The topological polar surface area (TPSA) is 22.8 Å². The summed E-state index contributed by atoms with van der Waals surface area (Å²) < 4.78 is 4.84. The molecule has 3 aromatic heterocycles. The van der Waals surface area contributed by atoms with Crippen molar-refractivity contribution in [1.82, 2.24) is 14.1 Å². The van der Waals surface area contributed by atoms with Gasteiger partial charge in [0, 0.05) is 56.0 Å². The second-order valence-corrected chi connectivity index (χ2v) is 14.0. The van der Waals surface area contributed by atoms with Gasteiger partial charge < -0.3 is 9.13 Å². The predicted molar refractivity (Wildman–Crippen MR) is 218 cm³/mol. The largest absolute Gasteiger partial charge is 0.309 e. The fraction of sp³-hybridized carbons (Fsp3) is 0. The molecule has 0 aliphatic heterocycles. The molecule has 240 valence electrons. The summed E-state index contributed by atoms with van der Waals surface area (Å²) in [4.78, 5) is 4.80. The molecular weight excluding hydrogens is 631 g/mol. The number of para-hydroxylation sites is 2. The number of nitrogens with zero attached hydrogens (tertiary/aromatic N) is 3. The van der Waals surface area contributed by atoms with Crippen molar-refractivity contribution in [3.63, 3.8) is 0 Å². The Morgan fingerprint density at radius 2 is 0.962 bits per heavy atom. The lowest BCUT2D eigenvalue weighted by molar-refractivity contribution is 1.18. The first-order valence-electron chi connectivity index (χ1n) is 17.9. The molecule has 0 radical (unpaired) electrons. The van der Waals surface area contributed by atoms with E-state index in [0.717, 1.165) is 5.69 Å². The summed E-state index contributed by atoms with van der Waals surface area (Å²) in [6, 6.07) is 60.1. The summed E-state index contributed by atoms with van der Waals surface area (Å²) in [6.45, 7) is 0. The molecule has 0 saturated carbocycles. The normalized spacial score (nSPS) is 12.2. The highest BCUT2D eigenvalue weighted by Gasteiger charge is 2.24. The highest BCUT2D eigenvalue weighted by atomic mass is 15.0. The lowest BCUT2D eigenvalue weighted by Gasteiger charge is -2.13. The third-order valence-electron chi connectivity index (χ3n) is 11.3. The van der Waals surface area contributed by atoms with Crippen LogP contribution in [0.3, 0.4) is 0 Å². The van der Waals surface area contributed by atoms with Crippen LogP contribution in [0, 0.1) is 0 Å². The maximum Gasteiger partial charge on any atom is 0.0556 e. The van der Waals surface area contributed by atoms with E-state index in [1.54, 1.807) is 0 Å². The van der Waals surface area contributed by atoms with Crippen LogP contribution >= 0.6 is 0 Å².